The number of allylic oxidation sites excluding steroid dienone is 4. The number of hydrogen-bond acceptors (Lipinski definition) is 4. The number of pyridine rings is 1. The van der Waals surface area contributed by atoms with Crippen molar-refractivity contribution < 1.29 is 9.63 Å². The molecule has 0 fully saturated rings. The fourth-order valence-electron chi connectivity index (χ4n) is 2.78. The lowest BCUT2D eigenvalue weighted by molar-refractivity contribution is 0.153. The second-order valence-electron chi connectivity index (χ2n) is 5.23. The van der Waals surface area contributed by atoms with Gasteiger partial charge in [0.15, 0.2) is 0 Å². The minimum absolute atomic E-state index is 0.318. The molecule has 0 saturated heterocycles. The average molecular weight is 318 g/mol. The highest BCUT2D eigenvalue weighted by atomic mass is 35.5. The summed E-state index contributed by atoms with van der Waals surface area (Å²) in [5.74, 6) is 0.318. The van der Waals surface area contributed by atoms with E-state index in [1.165, 1.54) is 7.05 Å². The number of nitrogens with zero attached hydrogens (tertiary/aromatic N) is 2. The zero-order valence-electron chi connectivity index (χ0n) is 12.2. The molecule has 1 amide bonds. The number of halogens is 1. The topological polar surface area (TPSA) is 63.6 Å². The van der Waals surface area contributed by atoms with Gasteiger partial charge >= 0.3 is 6.09 Å². The fourth-order valence-corrected chi connectivity index (χ4v) is 3.10. The summed E-state index contributed by atoms with van der Waals surface area (Å²) < 4.78 is 0. The molecule has 2 aliphatic rings. The molecule has 0 saturated carbocycles. The van der Waals surface area contributed by atoms with Crippen LogP contribution in [0.2, 0.25) is 0 Å². The Bertz CT molecular complexity index is 694. The van der Waals surface area contributed by atoms with Crippen molar-refractivity contribution in [3.63, 3.8) is 0 Å². The van der Waals surface area contributed by atoms with Crippen LogP contribution in [-0.4, -0.2) is 23.8 Å². The van der Waals surface area contributed by atoms with Crippen LogP contribution < -0.4 is 5.32 Å². The maximum Gasteiger partial charge on any atom is 0.433 e. The van der Waals surface area contributed by atoms with Gasteiger partial charge in [-0.15, -0.1) is 0 Å². The zero-order chi connectivity index (χ0) is 15.5. The molecule has 0 spiro atoms. The average Bonchev–Trinajstić information content (AvgIpc) is 2.70. The Morgan fingerprint density at radius 3 is 3.23 bits per heavy atom. The summed E-state index contributed by atoms with van der Waals surface area (Å²) in [6.07, 6.45) is 7.88. The molecule has 0 aromatic carbocycles. The van der Waals surface area contributed by atoms with Crippen LogP contribution in [-0.2, 0) is 11.3 Å². The van der Waals surface area contributed by atoms with E-state index >= 15 is 0 Å². The summed E-state index contributed by atoms with van der Waals surface area (Å²) >= 11 is 6.36. The van der Waals surface area contributed by atoms with E-state index in [1.54, 1.807) is 6.20 Å². The van der Waals surface area contributed by atoms with Gasteiger partial charge in [-0.1, -0.05) is 22.8 Å². The van der Waals surface area contributed by atoms with Crippen LogP contribution in [0.4, 0.5) is 4.79 Å². The van der Waals surface area contributed by atoms with E-state index in [0.29, 0.717) is 11.6 Å². The molecule has 0 aliphatic heterocycles. The largest absolute Gasteiger partial charge is 0.433 e. The van der Waals surface area contributed by atoms with Crippen molar-refractivity contribution in [3.8, 4) is 0 Å². The van der Waals surface area contributed by atoms with Crippen LogP contribution in [0.1, 0.15) is 24.1 Å². The molecule has 1 unspecified atom stereocenters. The maximum absolute atomic E-state index is 11.3. The van der Waals surface area contributed by atoms with Crippen LogP contribution in [0.3, 0.4) is 0 Å². The van der Waals surface area contributed by atoms with Gasteiger partial charge in [-0.2, -0.15) is 0 Å². The minimum atomic E-state index is -0.609. The van der Waals surface area contributed by atoms with Crippen LogP contribution in [0.15, 0.2) is 46.2 Å². The Kier molecular flexibility index (Phi) is 4.24. The molecule has 2 aliphatic carbocycles. The first-order valence-corrected chi connectivity index (χ1v) is 7.55. The monoisotopic (exact) mass is 317 g/mol. The molecule has 5 nitrogen and oxygen atoms in total. The van der Waals surface area contributed by atoms with E-state index in [9.17, 15) is 4.79 Å². The third kappa shape index (κ3) is 2.90. The summed E-state index contributed by atoms with van der Waals surface area (Å²) in [4.78, 5) is 20.6. The number of hydrogen-bond donors (Lipinski definition) is 1. The van der Waals surface area contributed by atoms with E-state index in [-0.39, 0.29) is 0 Å². The van der Waals surface area contributed by atoms with E-state index in [1.807, 2.05) is 24.3 Å². The number of nitrogens with one attached hydrogen (secondary N) is 1. The Balaban J connectivity index is 2.07. The minimum Gasteiger partial charge on any atom is -0.323 e. The highest BCUT2D eigenvalue weighted by Gasteiger charge is 2.27. The van der Waals surface area contributed by atoms with Crippen LogP contribution >= 0.6 is 11.6 Å². The molecule has 0 radical (unpaired) electrons. The summed E-state index contributed by atoms with van der Waals surface area (Å²) in [6.45, 7) is 0. The summed E-state index contributed by atoms with van der Waals surface area (Å²) in [5, 5.41) is 7.10. The molecule has 114 valence electrons. The van der Waals surface area contributed by atoms with Gasteiger partial charge in [-0.25, -0.2) is 4.79 Å². The molecule has 1 heterocycles. The van der Waals surface area contributed by atoms with Crippen molar-refractivity contribution in [3.05, 3.63) is 52.3 Å². The SMILES string of the molecule is CNC(=O)O/N=C1\C=C2C(Cl)=CCCC2Cc2ncccc21. The number of fused-ring (bicyclic) bond motifs is 2. The number of amides is 1. The predicted octanol–water partition coefficient (Wildman–Crippen LogP) is 3.16. The molecule has 22 heavy (non-hydrogen) atoms. The lowest BCUT2D eigenvalue weighted by Crippen LogP contribution is -2.17. The Morgan fingerprint density at radius 2 is 2.41 bits per heavy atom. The molecule has 0 bridgehead atoms. The first-order chi connectivity index (χ1) is 10.7. The third-order valence-corrected chi connectivity index (χ3v) is 4.26. The normalized spacial score (nSPS) is 21.9. The van der Waals surface area contributed by atoms with Crippen molar-refractivity contribution >= 4 is 23.4 Å². The third-order valence-electron chi connectivity index (χ3n) is 3.88. The first-order valence-electron chi connectivity index (χ1n) is 7.17. The molecule has 1 aromatic rings. The maximum atomic E-state index is 11.3. The van der Waals surface area contributed by atoms with Crippen LogP contribution in [0, 0.1) is 5.92 Å². The number of rotatable bonds is 1. The second-order valence-corrected chi connectivity index (χ2v) is 5.64. The van der Waals surface area contributed by atoms with Gasteiger partial charge < -0.3 is 5.32 Å². The number of oxime groups is 1. The highest BCUT2D eigenvalue weighted by molar-refractivity contribution is 6.32. The first kappa shape index (κ1) is 14.8. The number of aromatic nitrogens is 1. The summed E-state index contributed by atoms with van der Waals surface area (Å²) in [6, 6.07) is 3.78. The van der Waals surface area contributed by atoms with Crippen molar-refractivity contribution in [2.45, 2.75) is 19.3 Å². The fraction of sp³-hybridized carbons (Fsp3) is 0.312. The summed E-state index contributed by atoms with van der Waals surface area (Å²) in [5.41, 5.74) is 3.42. The van der Waals surface area contributed by atoms with E-state index in [2.05, 4.69) is 15.5 Å². The van der Waals surface area contributed by atoms with Gasteiger partial charge in [0.05, 0.1) is 5.69 Å². The van der Waals surface area contributed by atoms with Crippen molar-refractivity contribution in [2.75, 3.05) is 7.05 Å². The molecular formula is C16H16ClN3O2. The molecular weight excluding hydrogens is 302 g/mol. The quantitative estimate of drug-likeness (QED) is 0.639. The molecule has 3 rings (SSSR count). The van der Waals surface area contributed by atoms with E-state index in [0.717, 1.165) is 41.1 Å². The van der Waals surface area contributed by atoms with Crippen molar-refractivity contribution in [1.29, 1.82) is 0 Å². The van der Waals surface area contributed by atoms with Crippen molar-refractivity contribution in [1.82, 2.24) is 10.3 Å². The lowest BCUT2D eigenvalue weighted by Gasteiger charge is -2.22. The smallest absolute Gasteiger partial charge is 0.323 e. The van der Waals surface area contributed by atoms with Gasteiger partial charge in [0.25, 0.3) is 0 Å². The molecule has 1 aromatic heterocycles. The standard InChI is InChI=1S/C16H16ClN3O2/c1-18-16(21)22-20-15-9-12-10(4-2-6-13(12)17)8-14-11(15)5-3-7-19-14/h3,5-7,9-10H,2,4,8H2,1H3,(H,18,21)/b20-15+. The summed E-state index contributed by atoms with van der Waals surface area (Å²) in [7, 11) is 1.49. The number of carbonyl (C=O) groups is 1. The molecule has 6 heteroatoms. The predicted molar refractivity (Wildman–Crippen MR) is 84.8 cm³/mol. The van der Waals surface area contributed by atoms with Crippen molar-refractivity contribution in [2.24, 2.45) is 11.1 Å². The van der Waals surface area contributed by atoms with Crippen LogP contribution in [0.25, 0.3) is 0 Å². The number of carbonyl (C=O) groups excluding carboxylic acids is 1. The van der Waals surface area contributed by atoms with Gasteiger partial charge in [0, 0.05) is 23.8 Å². The Labute approximate surface area is 133 Å². The van der Waals surface area contributed by atoms with Gasteiger partial charge in [0.1, 0.15) is 5.71 Å². The van der Waals surface area contributed by atoms with E-state index in [4.69, 9.17) is 16.4 Å². The Hall–Kier alpha value is -2.14. The van der Waals surface area contributed by atoms with Gasteiger partial charge in [-0.05, 0) is 49.0 Å². The second kappa shape index (κ2) is 6.32. The van der Waals surface area contributed by atoms with Gasteiger partial charge in [0.2, 0.25) is 0 Å². The van der Waals surface area contributed by atoms with E-state index < -0.39 is 6.09 Å². The Morgan fingerprint density at radius 1 is 1.55 bits per heavy atom. The molecule has 1 atom stereocenters. The van der Waals surface area contributed by atoms with Gasteiger partial charge in [-0.3, -0.25) is 9.82 Å². The molecule has 1 N–H and O–H groups in total. The highest BCUT2D eigenvalue weighted by Crippen LogP contribution is 2.37. The van der Waals surface area contributed by atoms with Crippen LogP contribution in [0.5, 0.6) is 0 Å². The zero-order valence-corrected chi connectivity index (χ0v) is 12.9. The lowest BCUT2D eigenvalue weighted by atomic mass is 9.86.